The van der Waals surface area contributed by atoms with Crippen molar-refractivity contribution in [3.8, 4) is 0 Å². The van der Waals surface area contributed by atoms with E-state index in [1.54, 1.807) is 0 Å². The van der Waals surface area contributed by atoms with Gasteiger partial charge in [0.05, 0.1) is 4.47 Å². The smallest absolute Gasteiger partial charge is 0.297 e. The van der Waals surface area contributed by atoms with Crippen molar-refractivity contribution < 1.29 is 22.6 Å². The summed E-state index contributed by atoms with van der Waals surface area (Å²) in [5, 5.41) is 26.0. The Morgan fingerprint density at radius 3 is 2.77 bits per heavy atom. The van der Waals surface area contributed by atoms with Crippen LogP contribution in [0.25, 0.3) is 0 Å². The molecule has 1 heterocycles. The Labute approximate surface area is 131 Å². The van der Waals surface area contributed by atoms with Crippen LogP contribution in [0.15, 0.2) is 32.5 Å². The average Bonchev–Trinajstić information content (AvgIpc) is 2.86. The molecule has 118 valence electrons. The molecule has 0 atom stereocenters. The Hall–Kier alpha value is -2.25. The van der Waals surface area contributed by atoms with Crippen LogP contribution in [-0.4, -0.2) is 29.8 Å². The Bertz CT molecular complexity index is 823. The van der Waals surface area contributed by atoms with Crippen LogP contribution in [0.1, 0.15) is 5.69 Å². The summed E-state index contributed by atoms with van der Waals surface area (Å²) >= 11 is 2.99. The maximum atomic E-state index is 13.2. The molecule has 2 aromatic rings. The predicted molar refractivity (Wildman–Crippen MR) is 77.1 cm³/mol. The zero-order valence-electron chi connectivity index (χ0n) is 10.5. The first-order valence-corrected chi connectivity index (χ1v) is 7.71. The monoisotopic (exact) mass is 394 g/mol. The molecule has 2 rings (SSSR count). The fraction of sp³-hybridized carbons (Fsp3) is 0. The molecule has 0 spiro atoms. The minimum Gasteiger partial charge on any atom is -0.409 e. The average molecular weight is 395 g/mol. The number of nitrogens with zero attached hydrogens (tertiary/aromatic N) is 3. The first-order valence-electron chi connectivity index (χ1n) is 5.38. The van der Waals surface area contributed by atoms with Gasteiger partial charge in [0.1, 0.15) is 5.82 Å². The third kappa shape index (κ3) is 3.90. The highest BCUT2D eigenvalue weighted by Gasteiger charge is 2.20. The molecule has 5 N–H and O–H groups in total. The largest absolute Gasteiger partial charge is 0.409 e. The van der Waals surface area contributed by atoms with Crippen LogP contribution in [0.2, 0.25) is 0 Å². The number of anilines is 2. The van der Waals surface area contributed by atoms with Gasteiger partial charge in [0.2, 0.25) is 11.7 Å². The van der Waals surface area contributed by atoms with Crippen molar-refractivity contribution in [3.63, 3.8) is 0 Å². The van der Waals surface area contributed by atoms with Crippen LogP contribution in [0.5, 0.6) is 0 Å². The summed E-state index contributed by atoms with van der Waals surface area (Å²) < 4.78 is 41.5. The van der Waals surface area contributed by atoms with Crippen LogP contribution < -0.4 is 15.2 Å². The van der Waals surface area contributed by atoms with Crippen molar-refractivity contribution in [1.29, 1.82) is 0 Å². The van der Waals surface area contributed by atoms with Gasteiger partial charge in [-0.2, -0.15) is 8.42 Å². The van der Waals surface area contributed by atoms with Gasteiger partial charge in [-0.1, -0.05) is 5.16 Å². The van der Waals surface area contributed by atoms with E-state index in [1.165, 1.54) is 12.1 Å². The van der Waals surface area contributed by atoms with Crippen molar-refractivity contribution >= 4 is 43.5 Å². The number of benzene rings is 1. The van der Waals surface area contributed by atoms with E-state index in [0.29, 0.717) is 5.69 Å². The molecule has 1 aromatic heterocycles. The topological polar surface area (TPSA) is 156 Å². The molecule has 0 saturated heterocycles. The van der Waals surface area contributed by atoms with Gasteiger partial charge in [-0.3, -0.25) is 0 Å². The highest BCUT2D eigenvalue weighted by atomic mass is 79.9. The number of rotatable bonds is 4. The lowest BCUT2D eigenvalue weighted by molar-refractivity contribution is 0.305. The van der Waals surface area contributed by atoms with Gasteiger partial charge in [0, 0.05) is 5.69 Å². The number of amidine groups is 1. The van der Waals surface area contributed by atoms with Gasteiger partial charge >= 0.3 is 0 Å². The second-order valence-electron chi connectivity index (χ2n) is 3.81. The molecular weight excluding hydrogens is 387 g/mol. The van der Waals surface area contributed by atoms with Crippen molar-refractivity contribution in [3.05, 3.63) is 34.2 Å². The van der Waals surface area contributed by atoms with Crippen LogP contribution in [0.4, 0.5) is 15.9 Å². The van der Waals surface area contributed by atoms with E-state index in [4.69, 9.17) is 10.3 Å². The van der Waals surface area contributed by atoms with Gasteiger partial charge in [0.25, 0.3) is 10.2 Å². The molecular formula is C9H8BrFN6O4S. The minimum atomic E-state index is -4.13. The van der Waals surface area contributed by atoms with Crippen LogP contribution in [0, 0.1) is 5.82 Å². The van der Waals surface area contributed by atoms with Crippen LogP contribution >= 0.6 is 15.9 Å². The van der Waals surface area contributed by atoms with E-state index in [2.05, 4.69) is 41.3 Å². The van der Waals surface area contributed by atoms with Gasteiger partial charge < -0.3 is 10.5 Å². The Morgan fingerprint density at radius 1 is 1.45 bits per heavy atom. The van der Waals surface area contributed by atoms with Crippen LogP contribution in [-0.2, 0) is 10.2 Å². The Morgan fingerprint density at radius 2 is 2.18 bits per heavy atom. The number of hydrogen-bond donors (Lipinski definition) is 4. The van der Waals surface area contributed by atoms with Gasteiger partial charge in [0.15, 0.2) is 5.69 Å². The maximum Gasteiger partial charge on any atom is 0.297 e. The summed E-state index contributed by atoms with van der Waals surface area (Å²) in [6, 6.07) is 3.87. The molecule has 0 bridgehead atoms. The summed E-state index contributed by atoms with van der Waals surface area (Å²) in [6.07, 6.45) is 0. The summed E-state index contributed by atoms with van der Waals surface area (Å²) in [4.78, 5) is 0. The first kappa shape index (κ1) is 16.1. The highest BCUT2D eigenvalue weighted by Crippen LogP contribution is 2.21. The van der Waals surface area contributed by atoms with Crippen LogP contribution in [0.3, 0.4) is 0 Å². The lowest BCUT2D eigenvalue weighted by Crippen LogP contribution is -2.24. The molecule has 0 unspecified atom stereocenters. The van der Waals surface area contributed by atoms with E-state index < -0.39 is 16.0 Å². The molecule has 1 aromatic carbocycles. The van der Waals surface area contributed by atoms with Crippen molar-refractivity contribution in [2.24, 2.45) is 10.3 Å². The molecule has 10 nitrogen and oxygen atoms in total. The van der Waals surface area contributed by atoms with E-state index in [-0.39, 0.29) is 21.8 Å². The van der Waals surface area contributed by atoms with Gasteiger partial charge in [-0.15, -0.1) is 0 Å². The second kappa shape index (κ2) is 6.25. The highest BCUT2D eigenvalue weighted by molar-refractivity contribution is 9.10. The standard InChI is InChI=1S/C9H8BrFN6O4S/c10-5-3-4(1-2-6(5)11)13-8(14-18)7-9(16-21-15-7)17-22(12,19)20/h1-3,18H,(H,13,14)(H,16,17)(H2,12,19,20). The van der Waals surface area contributed by atoms with Gasteiger partial charge in [-0.25, -0.2) is 18.9 Å². The minimum absolute atomic E-state index is 0.163. The molecule has 13 heteroatoms. The van der Waals surface area contributed by atoms with E-state index in [0.717, 1.165) is 6.07 Å². The third-order valence-corrected chi connectivity index (χ3v) is 3.32. The van der Waals surface area contributed by atoms with Crippen molar-refractivity contribution in [1.82, 2.24) is 10.3 Å². The Balaban J connectivity index is 2.30. The number of nitrogens with one attached hydrogen (secondary N) is 2. The summed E-state index contributed by atoms with van der Waals surface area (Å²) in [7, 11) is -4.13. The maximum absolute atomic E-state index is 13.2. The SMILES string of the molecule is NS(=O)(=O)Nc1nonc1C(=NO)Nc1ccc(F)c(Br)c1. The second-order valence-corrected chi connectivity index (χ2v) is 5.96. The lowest BCUT2D eigenvalue weighted by Gasteiger charge is -2.07. The summed E-state index contributed by atoms with van der Waals surface area (Å²) in [6.45, 7) is 0. The number of nitrogens with two attached hydrogens (primary N) is 1. The van der Waals surface area contributed by atoms with E-state index in [1.807, 2.05) is 4.72 Å². The molecule has 0 aliphatic rings. The van der Waals surface area contributed by atoms with E-state index >= 15 is 0 Å². The molecule has 0 fully saturated rings. The predicted octanol–water partition coefficient (Wildman–Crippen LogP) is 0.835. The Kier molecular flexibility index (Phi) is 4.58. The third-order valence-electron chi connectivity index (χ3n) is 2.23. The molecule has 0 amide bonds. The zero-order chi connectivity index (χ0) is 16.3. The van der Waals surface area contributed by atoms with Crippen molar-refractivity contribution in [2.75, 3.05) is 10.0 Å². The van der Waals surface area contributed by atoms with Gasteiger partial charge in [-0.05, 0) is 44.4 Å². The fourth-order valence-electron chi connectivity index (χ4n) is 1.39. The molecule has 0 aliphatic heterocycles. The normalized spacial score (nSPS) is 12.2. The number of aromatic nitrogens is 2. The fourth-order valence-corrected chi connectivity index (χ4v) is 2.17. The first-order chi connectivity index (χ1) is 10.3. The van der Waals surface area contributed by atoms with Crippen molar-refractivity contribution in [2.45, 2.75) is 0 Å². The summed E-state index contributed by atoms with van der Waals surface area (Å²) in [5.74, 6) is -1.18. The molecule has 0 saturated carbocycles. The van der Waals surface area contributed by atoms with E-state index in [9.17, 15) is 12.8 Å². The lowest BCUT2D eigenvalue weighted by atomic mass is 10.3. The molecule has 22 heavy (non-hydrogen) atoms. The molecule has 0 radical (unpaired) electrons. The molecule has 0 aliphatic carbocycles. The quantitative estimate of drug-likeness (QED) is 0.259. The number of oxime groups is 1. The number of hydrogen-bond acceptors (Lipinski definition) is 7. The summed E-state index contributed by atoms with van der Waals surface area (Å²) in [5.41, 5.74) is 0.0719. The zero-order valence-corrected chi connectivity index (χ0v) is 12.9. The number of halogens is 2.